The Morgan fingerprint density at radius 3 is 2.79 bits per heavy atom. The smallest absolute Gasteiger partial charge is 0.285 e. The van der Waals surface area contributed by atoms with Crippen LogP contribution >= 0.6 is 11.6 Å². The Morgan fingerprint density at radius 2 is 1.96 bits per heavy atom. The van der Waals surface area contributed by atoms with Crippen LogP contribution in [0.4, 0.5) is 0 Å². The van der Waals surface area contributed by atoms with Crippen LogP contribution in [-0.4, -0.2) is 27.3 Å². The van der Waals surface area contributed by atoms with E-state index in [0.29, 0.717) is 27.6 Å². The maximum Gasteiger partial charge on any atom is 0.285 e. The molecule has 0 aliphatic carbocycles. The highest BCUT2D eigenvalue weighted by atomic mass is 35.5. The molecule has 2 heterocycles. The van der Waals surface area contributed by atoms with Gasteiger partial charge in [0.2, 0.25) is 6.79 Å². The molecule has 1 N–H and O–H groups in total. The van der Waals surface area contributed by atoms with Gasteiger partial charge in [0.05, 0.1) is 11.2 Å². The number of nitrogens with zero attached hydrogens (tertiary/aromatic N) is 2. The van der Waals surface area contributed by atoms with Crippen LogP contribution in [0.5, 0.6) is 11.5 Å². The first kappa shape index (κ1) is 15.0. The zero-order valence-corrected chi connectivity index (χ0v) is 13.6. The van der Waals surface area contributed by atoms with E-state index >= 15 is 0 Å². The third-order valence-corrected chi connectivity index (χ3v) is 5.16. The molecular weight excluding hydrogens is 354 g/mol. The van der Waals surface area contributed by atoms with Crippen molar-refractivity contribution in [2.45, 2.75) is 4.90 Å². The van der Waals surface area contributed by atoms with Crippen LogP contribution < -0.4 is 14.9 Å². The summed E-state index contributed by atoms with van der Waals surface area (Å²) in [6.07, 6.45) is 1.46. The summed E-state index contributed by atoms with van der Waals surface area (Å²) in [5.74, 6) is 1.32. The van der Waals surface area contributed by atoms with Crippen LogP contribution in [0.3, 0.4) is 0 Å². The largest absolute Gasteiger partial charge is 0.454 e. The van der Waals surface area contributed by atoms with Crippen LogP contribution in [0.25, 0.3) is 0 Å². The Morgan fingerprint density at radius 1 is 1.21 bits per heavy atom. The van der Waals surface area contributed by atoms with Crippen molar-refractivity contribution in [2.24, 2.45) is 9.50 Å². The van der Waals surface area contributed by atoms with E-state index in [1.807, 2.05) is 0 Å². The monoisotopic (exact) mass is 363 g/mol. The molecule has 0 radical (unpaired) electrons. The van der Waals surface area contributed by atoms with Crippen LogP contribution in [0.15, 0.2) is 50.8 Å². The van der Waals surface area contributed by atoms with Gasteiger partial charge in [0.25, 0.3) is 10.0 Å². The molecule has 0 saturated carbocycles. The lowest BCUT2D eigenvalue weighted by molar-refractivity contribution is 0.174. The van der Waals surface area contributed by atoms with Crippen molar-refractivity contribution in [3.63, 3.8) is 0 Å². The van der Waals surface area contributed by atoms with Crippen molar-refractivity contribution in [3.05, 3.63) is 52.5 Å². The third-order valence-electron chi connectivity index (χ3n) is 3.50. The van der Waals surface area contributed by atoms with E-state index in [9.17, 15) is 8.42 Å². The average Bonchev–Trinajstić information content (AvgIpc) is 3.10. The Hall–Kier alpha value is -2.58. The van der Waals surface area contributed by atoms with Gasteiger partial charge >= 0.3 is 0 Å². The molecule has 0 bridgehead atoms. The number of nitrogens with one attached hydrogen (secondary N) is 1. The van der Waals surface area contributed by atoms with E-state index in [0.717, 1.165) is 0 Å². The van der Waals surface area contributed by atoms with E-state index < -0.39 is 10.0 Å². The average molecular weight is 364 g/mol. The maximum atomic E-state index is 11.9. The van der Waals surface area contributed by atoms with Gasteiger partial charge in [-0.1, -0.05) is 23.7 Å². The summed E-state index contributed by atoms with van der Waals surface area (Å²) in [5, 5.41) is 4.46. The van der Waals surface area contributed by atoms with Crippen LogP contribution in [-0.2, 0) is 10.0 Å². The zero-order valence-electron chi connectivity index (χ0n) is 12.1. The summed E-state index contributed by atoms with van der Waals surface area (Å²) >= 11 is 6.15. The van der Waals surface area contributed by atoms with Gasteiger partial charge in [-0.3, -0.25) is 5.43 Å². The second kappa shape index (κ2) is 5.50. The van der Waals surface area contributed by atoms with Crippen molar-refractivity contribution < 1.29 is 17.9 Å². The molecule has 9 heteroatoms. The minimum atomic E-state index is -3.68. The molecule has 2 aliphatic heterocycles. The molecular formula is C15H10ClN3O4S. The van der Waals surface area contributed by atoms with Crippen LogP contribution in [0.1, 0.15) is 11.1 Å². The molecule has 0 amide bonds. The number of hydrogen-bond acceptors (Lipinski definition) is 6. The van der Waals surface area contributed by atoms with Gasteiger partial charge in [-0.15, -0.1) is 4.40 Å². The van der Waals surface area contributed by atoms with Crippen molar-refractivity contribution >= 4 is 33.7 Å². The number of hydrogen-bond donors (Lipinski definition) is 1. The van der Waals surface area contributed by atoms with E-state index in [2.05, 4.69) is 14.9 Å². The van der Waals surface area contributed by atoms with Crippen LogP contribution in [0.2, 0.25) is 5.02 Å². The number of hydrazone groups is 1. The first-order chi connectivity index (χ1) is 11.5. The Balaban J connectivity index is 1.59. The first-order valence-electron chi connectivity index (χ1n) is 6.87. The Labute approximate surface area is 142 Å². The molecule has 0 fully saturated rings. The minimum absolute atomic E-state index is 0.149. The molecule has 2 aromatic rings. The van der Waals surface area contributed by atoms with Crippen LogP contribution in [0, 0.1) is 0 Å². The molecule has 0 saturated heterocycles. The van der Waals surface area contributed by atoms with Crippen molar-refractivity contribution in [2.75, 3.05) is 6.79 Å². The second-order valence-electron chi connectivity index (χ2n) is 5.01. The molecule has 0 atom stereocenters. The van der Waals surface area contributed by atoms with Crippen molar-refractivity contribution in [1.29, 1.82) is 0 Å². The molecule has 0 spiro atoms. The summed E-state index contributed by atoms with van der Waals surface area (Å²) in [5.41, 5.74) is 3.72. The first-order valence-corrected chi connectivity index (χ1v) is 8.69. The number of halogens is 1. The predicted molar refractivity (Wildman–Crippen MR) is 88.5 cm³/mol. The SMILES string of the molecule is O=S1(=O)N=C(N/N=C/c2cc3c(cc2Cl)OCO3)c2ccccc21. The Kier molecular flexibility index (Phi) is 3.43. The van der Waals surface area contributed by atoms with Gasteiger partial charge in [0, 0.05) is 17.2 Å². The molecule has 2 aliphatic rings. The van der Waals surface area contributed by atoms with Crippen molar-refractivity contribution in [1.82, 2.24) is 5.43 Å². The highest BCUT2D eigenvalue weighted by Gasteiger charge is 2.28. The number of rotatable bonds is 2. The van der Waals surface area contributed by atoms with Gasteiger partial charge in [-0.05, 0) is 18.2 Å². The summed E-state index contributed by atoms with van der Waals surface area (Å²) in [6, 6.07) is 9.87. The molecule has 7 nitrogen and oxygen atoms in total. The fraction of sp³-hybridized carbons (Fsp3) is 0.0667. The minimum Gasteiger partial charge on any atom is -0.454 e. The van der Waals surface area contributed by atoms with Gasteiger partial charge in [0.1, 0.15) is 4.90 Å². The lowest BCUT2D eigenvalue weighted by Gasteiger charge is -2.02. The fourth-order valence-corrected chi connectivity index (χ4v) is 3.75. The summed E-state index contributed by atoms with van der Waals surface area (Å²) < 4.78 is 38.1. The highest BCUT2D eigenvalue weighted by molar-refractivity contribution is 7.90. The second-order valence-corrected chi connectivity index (χ2v) is 6.99. The topological polar surface area (TPSA) is 89.4 Å². The quantitative estimate of drug-likeness (QED) is 0.652. The van der Waals surface area contributed by atoms with Gasteiger partial charge < -0.3 is 9.47 Å². The molecule has 2 aromatic carbocycles. The summed E-state index contributed by atoms with van der Waals surface area (Å²) in [7, 11) is -3.68. The molecule has 24 heavy (non-hydrogen) atoms. The number of fused-ring (bicyclic) bond motifs is 2. The lowest BCUT2D eigenvalue weighted by atomic mass is 10.2. The molecule has 0 unspecified atom stereocenters. The fourth-order valence-electron chi connectivity index (χ4n) is 2.38. The predicted octanol–water partition coefficient (Wildman–Crippen LogP) is 2.14. The molecule has 4 rings (SSSR count). The van der Waals surface area contributed by atoms with Gasteiger partial charge in [-0.2, -0.15) is 13.5 Å². The van der Waals surface area contributed by atoms with Gasteiger partial charge in [0.15, 0.2) is 17.3 Å². The van der Waals surface area contributed by atoms with Gasteiger partial charge in [-0.25, -0.2) is 0 Å². The summed E-state index contributed by atoms with van der Waals surface area (Å²) in [6.45, 7) is 0.149. The molecule has 122 valence electrons. The highest BCUT2D eigenvalue weighted by Crippen LogP contribution is 2.36. The summed E-state index contributed by atoms with van der Waals surface area (Å²) in [4.78, 5) is 0.156. The van der Waals surface area contributed by atoms with E-state index in [-0.39, 0.29) is 17.5 Å². The normalized spacial score (nSPS) is 17.0. The number of amidine groups is 1. The van der Waals surface area contributed by atoms with E-state index in [1.54, 1.807) is 30.3 Å². The zero-order chi connectivity index (χ0) is 16.7. The Bertz CT molecular complexity index is 1000. The van der Waals surface area contributed by atoms with E-state index in [4.69, 9.17) is 21.1 Å². The number of sulfonamides is 1. The van der Waals surface area contributed by atoms with Crippen molar-refractivity contribution in [3.8, 4) is 11.5 Å². The lowest BCUT2D eigenvalue weighted by Crippen LogP contribution is -2.17. The standard InChI is InChI=1S/C15H10ClN3O4S/c16-11-6-13-12(22-8-23-13)5-9(11)7-17-18-15-10-3-1-2-4-14(10)24(20,21)19-15/h1-7H,8H2,(H,18,19)/b17-7+. The maximum absolute atomic E-state index is 11.9. The third kappa shape index (κ3) is 2.49. The van der Waals surface area contributed by atoms with E-state index in [1.165, 1.54) is 12.3 Å². The number of benzene rings is 2. The number of ether oxygens (including phenoxy) is 2. The molecule has 0 aromatic heterocycles.